The summed E-state index contributed by atoms with van der Waals surface area (Å²) in [5, 5.41) is 0. The average Bonchev–Trinajstić information content (AvgIpc) is 3.79. The smallest absolute Gasteiger partial charge is 0.343 e. The van der Waals surface area contributed by atoms with E-state index in [1.54, 1.807) is 0 Å². The van der Waals surface area contributed by atoms with Gasteiger partial charge in [-0.05, 0) is 134 Å². The van der Waals surface area contributed by atoms with Gasteiger partial charge in [-0.25, -0.2) is 9.59 Å². The SMILES string of the molecule is Cc1ccc(/C=C/c2ccc(C(=O)Oc3ccc(C)c4c3C3(CC4)CCc4c(C)ccc(OC(=O)c5ccc(/C=C/c6ccc(C)cc6)cc5)c43)cc2)cc1. The molecule has 0 saturated heterocycles. The van der Waals surface area contributed by atoms with Crippen molar-refractivity contribution in [2.24, 2.45) is 0 Å². The number of fused-ring (bicyclic) bond motifs is 4. The Balaban J connectivity index is 1.05. The van der Waals surface area contributed by atoms with E-state index in [-0.39, 0.29) is 0 Å². The molecule has 6 aromatic carbocycles. The predicted molar refractivity (Wildman–Crippen MR) is 223 cm³/mol. The van der Waals surface area contributed by atoms with Crippen LogP contribution in [0.2, 0.25) is 0 Å². The quantitative estimate of drug-likeness (QED) is 0.0892. The largest absolute Gasteiger partial charge is 0.423 e. The van der Waals surface area contributed by atoms with Crippen LogP contribution in [0.3, 0.4) is 0 Å². The lowest BCUT2D eigenvalue weighted by atomic mass is 9.75. The van der Waals surface area contributed by atoms with E-state index in [1.165, 1.54) is 33.4 Å². The van der Waals surface area contributed by atoms with Crippen molar-refractivity contribution in [3.63, 3.8) is 0 Å². The van der Waals surface area contributed by atoms with Gasteiger partial charge in [-0.2, -0.15) is 0 Å². The predicted octanol–water partition coefficient (Wildman–Crippen LogP) is 11.9. The zero-order valence-electron chi connectivity index (χ0n) is 31.8. The molecule has 0 saturated carbocycles. The van der Waals surface area contributed by atoms with Gasteiger partial charge in [0.15, 0.2) is 0 Å². The van der Waals surface area contributed by atoms with Crippen LogP contribution >= 0.6 is 0 Å². The number of hydrogen-bond acceptors (Lipinski definition) is 4. The second-order valence-corrected chi connectivity index (χ2v) is 15.1. The minimum absolute atomic E-state index is 0.395. The van der Waals surface area contributed by atoms with Crippen LogP contribution in [0.4, 0.5) is 0 Å². The van der Waals surface area contributed by atoms with E-state index in [0.717, 1.165) is 59.1 Å². The molecule has 2 aliphatic carbocycles. The number of benzene rings is 6. The maximum absolute atomic E-state index is 13.7. The third-order valence-electron chi connectivity index (χ3n) is 11.4. The van der Waals surface area contributed by atoms with Crippen molar-refractivity contribution in [2.75, 3.05) is 0 Å². The van der Waals surface area contributed by atoms with Gasteiger partial charge in [-0.1, -0.05) is 120 Å². The monoisotopic (exact) mass is 720 g/mol. The summed E-state index contributed by atoms with van der Waals surface area (Å²) < 4.78 is 12.6. The second-order valence-electron chi connectivity index (χ2n) is 15.1. The number of esters is 2. The van der Waals surface area contributed by atoms with Crippen molar-refractivity contribution in [1.29, 1.82) is 0 Å². The highest BCUT2D eigenvalue weighted by Crippen LogP contribution is 2.58. The number of carbonyl (C=O) groups is 2. The molecule has 55 heavy (non-hydrogen) atoms. The molecule has 0 N–H and O–H groups in total. The van der Waals surface area contributed by atoms with Gasteiger partial charge in [0.05, 0.1) is 11.1 Å². The Labute approximate surface area is 323 Å². The van der Waals surface area contributed by atoms with Crippen molar-refractivity contribution in [1.82, 2.24) is 0 Å². The molecule has 272 valence electrons. The molecule has 4 heteroatoms. The van der Waals surface area contributed by atoms with Crippen LogP contribution in [-0.2, 0) is 18.3 Å². The van der Waals surface area contributed by atoms with E-state index in [9.17, 15) is 9.59 Å². The molecule has 0 atom stereocenters. The van der Waals surface area contributed by atoms with Crippen molar-refractivity contribution in [3.05, 3.63) is 199 Å². The fourth-order valence-electron chi connectivity index (χ4n) is 8.27. The molecular formula is C51H44O4. The summed E-state index contributed by atoms with van der Waals surface area (Å²) in [5.41, 5.74) is 14.1. The highest BCUT2D eigenvalue weighted by atomic mass is 16.5. The summed E-state index contributed by atoms with van der Waals surface area (Å²) in [6.45, 7) is 8.40. The minimum atomic E-state index is -0.441. The Bertz CT molecular complexity index is 2290. The van der Waals surface area contributed by atoms with Gasteiger partial charge in [0.2, 0.25) is 0 Å². The van der Waals surface area contributed by atoms with E-state index >= 15 is 0 Å². The summed E-state index contributed by atoms with van der Waals surface area (Å²) in [5.74, 6) is 0.363. The number of carbonyl (C=O) groups excluding carboxylic acids is 2. The number of hydrogen-bond donors (Lipinski definition) is 0. The molecular weight excluding hydrogens is 677 g/mol. The molecule has 6 aromatic rings. The van der Waals surface area contributed by atoms with Crippen molar-refractivity contribution >= 4 is 36.2 Å². The molecule has 4 nitrogen and oxygen atoms in total. The molecule has 0 aromatic heterocycles. The van der Waals surface area contributed by atoms with Crippen LogP contribution < -0.4 is 9.47 Å². The number of aryl methyl sites for hydroxylation is 4. The first kappa shape index (κ1) is 35.8. The lowest BCUT2D eigenvalue weighted by Crippen LogP contribution is -2.25. The summed E-state index contributed by atoms with van der Waals surface area (Å²) in [4.78, 5) is 27.5. The fourth-order valence-corrected chi connectivity index (χ4v) is 8.27. The molecule has 8 rings (SSSR count). The van der Waals surface area contributed by atoms with E-state index < -0.39 is 17.4 Å². The molecule has 0 fully saturated rings. The lowest BCUT2D eigenvalue weighted by Gasteiger charge is -2.30. The Morgan fingerprint density at radius 1 is 0.455 bits per heavy atom. The van der Waals surface area contributed by atoms with Crippen LogP contribution in [0.15, 0.2) is 121 Å². The summed E-state index contributed by atoms with van der Waals surface area (Å²) in [6.07, 6.45) is 11.6. The molecule has 2 aliphatic rings. The van der Waals surface area contributed by atoms with Gasteiger partial charge in [0.25, 0.3) is 0 Å². The van der Waals surface area contributed by atoms with Crippen LogP contribution in [0.5, 0.6) is 11.5 Å². The third-order valence-corrected chi connectivity index (χ3v) is 11.4. The standard InChI is InChI=1S/C51H44O4/c1-33-5-11-37(12-6-33)15-17-39-19-23-41(24-20-39)49(52)54-45-27-9-35(3)43-29-31-51(47(43)45)32-30-44-36(4)10-28-46(48(44)51)55-50(53)42-25-21-40(22-26-42)18-16-38-13-7-34(2)8-14-38/h5-28H,29-32H2,1-4H3/b17-15+,18-16+. The van der Waals surface area contributed by atoms with Crippen LogP contribution in [0.25, 0.3) is 24.3 Å². The van der Waals surface area contributed by atoms with Crippen LogP contribution in [-0.4, -0.2) is 11.9 Å². The van der Waals surface area contributed by atoms with Crippen LogP contribution in [0, 0.1) is 27.7 Å². The first-order chi connectivity index (χ1) is 26.7. The zero-order chi connectivity index (χ0) is 38.1. The summed E-state index contributed by atoms with van der Waals surface area (Å²) in [7, 11) is 0. The van der Waals surface area contributed by atoms with Crippen molar-refractivity contribution in [2.45, 2.75) is 58.8 Å². The summed E-state index contributed by atoms with van der Waals surface area (Å²) in [6, 6.07) is 39.7. The average molecular weight is 721 g/mol. The molecule has 0 heterocycles. The Morgan fingerprint density at radius 3 is 1.13 bits per heavy atom. The first-order valence-corrected chi connectivity index (χ1v) is 19.1. The Hall–Kier alpha value is -6.26. The normalized spacial score (nSPS) is 14.0. The Kier molecular flexibility index (Phi) is 9.67. The maximum atomic E-state index is 13.7. The molecule has 0 unspecified atom stereocenters. The van der Waals surface area contributed by atoms with Crippen molar-refractivity contribution < 1.29 is 19.1 Å². The minimum Gasteiger partial charge on any atom is -0.423 e. The van der Waals surface area contributed by atoms with Gasteiger partial charge >= 0.3 is 11.9 Å². The lowest BCUT2D eigenvalue weighted by molar-refractivity contribution is 0.0725. The van der Waals surface area contributed by atoms with E-state index in [0.29, 0.717) is 22.6 Å². The van der Waals surface area contributed by atoms with Gasteiger partial charge < -0.3 is 9.47 Å². The third kappa shape index (κ3) is 7.20. The maximum Gasteiger partial charge on any atom is 0.343 e. The van der Waals surface area contributed by atoms with E-state index in [1.807, 2.05) is 84.9 Å². The molecule has 0 aliphatic heterocycles. The Morgan fingerprint density at radius 2 is 0.782 bits per heavy atom. The van der Waals surface area contributed by atoms with Gasteiger partial charge in [0.1, 0.15) is 11.5 Å². The fraction of sp³-hybridized carbons (Fsp3) is 0.176. The van der Waals surface area contributed by atoms with E-state index in [4.69, 9.17) is 9.47 Å². The summed E-state index contributed by atoms with van der Waals surface area (Å²) >= 11 is 0. The first-order valence-electron chi connectivity index (χ1n) is 19.1. The molecule has 0 bridgehead atoms. The van der Waals surface area contributed by atoms with Gasteiger partial charge in [-0.3, -0.25) is 0 Å². The van der Waals surface area contributed by atoms with Crippen molar-refractivity contribution in [3.8, 4) is 11.5 Å². The van der Waals surface area contributed by atoms with Crippen LogP contribution in [0.1, 0.15) is 100 Å². The number of rotatable bonds is 8. The zero-order valence-corrected chi connectivity index (χ0v) is 31.8. The highest BCUT2D eigenvalue weighted by molar-refractivity contribution is 5.93. The second kappa shape index (κ2) is 14.9. The highest BCUT2D eigenvalue weighted by Gasteiger charge is 2.50. The molecule has 1 spiro atoms. The topological polar surface area (TPSA) is 52.6 Å². The van der Waals surface area contributed by atoms with Gasteiger partial charge in [0, 0.05) is 16.5 Å². The van der Waals surface area contributed by atoms with E-state index in [2.05, 4.69) is 88.4 Å². The van der Waals surface area contributed by atoms with Gasteiger partial charge in [-0.15, -0.1) is 0 Å². The molecule has 0 amide bonds. The molecule has 0 radical (unpaired) electrons. The number of ether oxygens (including phenoxy) is 2.